The van der Waals surface area contributed by atoms with E-state index in [4.69, 9.17) is 16.3 Å². The molecule has 2 saturated heterocycles. The van der Waals surface area contributed by atoms with Gasteiger partial charge in [-0.2, -0.15) is 0 Å². The first-order valence-corrected chi connectivity index (χ1v) is 14.1. The van der Waals surface area contributed by atoms with Crippen molar-refractivity contribution >= 4 is 35.1 Å². The molecule has 9 heteroatoms. The predicted octanol–water partition coefficient (Wildman–Crippen LogP) is 3.68. The van der Waals surface area contributed by atoms with Gasteiger partial charge in [0.2, 0.25) is 11.8 Å². The van der Waals surface area contributed by atoms with Crippen LogP contribution < -0.4 is 10.6 Å². The van der Waals surface area contributed by atoms with Crippen LogP contribution in [0.1, 0.15) is 69.5 Å². The van der Waals surface area contributed by atoms with Gasteiger partial charge in [-0.25, -0.2) is 0 Å². The van der Waals surface area contributed by atoms with E-state index in [0.717, 1.165) is 67.9 Å². The fourth-order valence-electron chi connectivity index (χ4n) is 5.68. The Bertz CT molecular complexity index is 1270. The molecule has 2 fully saturated rings. The molecule has 2 N–H and O–H groups in total. The van der Waals surface area contributed by atoms with Gasteiger partial charge in [-0.15, -0.1) is 0 Å². The van der Waals surface area contributed by atoms with Gasteiger partial charge in [-0.1, -0.05) is 35.9 Å². The second-order valence-electron chi connectivity index (χ2n) is 10.7. The van der Waals surface area contributed by atoms with Crippen LogP contribution in [-0.2, 0) is 33.8 Å². The van der Waals surface area contributed by atoms with E-state index in [9.17, 15) is 19.2 Å². The zero-order valence-corrected chi connectivity index (χ0v) is 22.7. The monoisotopic (exact) mass is 551 g/mol. The molecule has 0 radical (unpaired) electrons. The number of amides is 3. The average molecular weight is 552 g/mol. The maximum atomic E-state index is 13.1. The summed E-state index contributed by atoms with van der Waals surface area (Å²) in [6.07, 6.45) is 3.71. The molecule has 0 saturated carbocycles. The molecule has 206 valence electrons. The van der Waals surface area contributed by atoms with Crippen LogP contribution in [0.2, 0.25) is 5.02 Å². The van der Waals surface area contributed by atoms with Gasteiger partial charge in [-0.3, -0.25) is 29.4 Å². The summed E-state index contributed by atoms with van der Waals surface area (Å²) in [5, 5.41) is 5.94. The maximum absolute atomic E-state index is 13.1. The number of ketones is 1. The van der Waals surface area contributed by atoms with Gasteiger partial charge in [0.1, 0.15) is 0 Å². The summed E-state index contributed by atoms with van der Waals surface area (Å²) in [5.41, 5.74) is 4.17. The van der Waals surface area contributed by atoms with Crippen molar-refractivity contribution in [2.24, 2.45) is 11.8 Å². The SMILES string of the molecule is O=C1CCC(CCC2CCc3cc(CNC(=O)c4ccc(CN5CCOCC5)c(Cl)c4)ccc3C2=O)C(=O)N1. The second kappa shape index (κ2) is 12.4. The Labute approximate surface area is 233 Å². The summed E-state index contributed by atoms with van der Waals surface area (Å²) in [6.45, 7) is 4.27. The Morgan fingerprint density at radius 2 is 1.77 bits per heavy atom. The number of fused-ring (bicyclic) bond motifs is 1. The lowest BCUT2D eigenvalue weighted by Crippen LogP contribution is -2.41. The average Bonchev–Trinajstić information content (AvgIpc) is 2.94. The van der Waals surface area contributed by atoms with Gasteiger partial charge in [0.25, 0.3) is 5.91 Å². The molecule has 2 unspecified atom stereocenters. The topological polar surface area (TPSA) is 105 Å². The van der Waals surface area contributed by atoms with E-state index in [0.29, 0.717) is 42.8 Å². The molecular formula is C30H34ClN3O5. The van der Waals surface area contributed by atoms with Gasteiger partial charge >= 0.3 is 0 Å². The molecule has 2 heterocycles. The fourth-order valence-corrected chi connectivity index (χ4v) is 5.92. The molecule has 2 aromatic rings. The number of carbonyl (C=O) groups is 4. The van der Waals surface area contributed by atoms with Crippen molar-refractivity contribution in [1.82, 2.24) is 15.5 Å². The number of hydrogen-bond donors (Lipinski definition) is 2. The molecule has 0 aromatic heterocycles. The normalized spacial score (nSPS) is 21.8. The van der Waals surface area contributed by atoms with Crippen molar-refractivity contribution in [3.63, 3.8) is 0 Å². The third-order valence-electron chi connectivity index (χ3n) is 8.05. The third-order valence-corrected chi connectivity index (χ3v) is 8.40. The van der Waals surface area contributed by atoms with Crippen LogP contribution in [0.25, 0.3) is 0 Å². The number of Topliss-reactive ketones (excluding diaryl/α,β-unsaturated/α-hetero) is 1. The number of hydrogen-bond acceptors (Lipinski definition) is 6. The zero-order valence-electron chi connectivity index (χ0n) is 22.0. The number of morpholine rings is 1. The molecule has 3 aliphatic rings. The third kappa shape index (κ3) is 6.75. The summed E-state index contributed by atoms with van der Waals surface area (Å²) >= 11 is 6.49. The molecule has 2 aromatic carbocycles. The number of nitrogens with zero attached hydrogens (tertiary/aromatic N) is 1. The first kappa shape index (κ1) is 27.5. The first-order valence-electron chi connectivity index (χ1n) is 13.7. The first-order chi connectivity index (χ1) is 18.9. The molecule has 8 nitrogen and oxygen atoms in total. The zero-order chi connectivity index (χ0) is 27.4. The van der Waals surface area contributed by atoms with Crippen molar-refractivity contribution < 1.29 is 23.9 Å². The molecule has 0 spiro atoms. The minimum Gasteiger partial charge on any atom is -0.379 e. The standard InChI is InChI=1S/C30H34ClN3O5/c31-26-16-23(6-7-24(26)18-34-11-13-39-14-12-34)29(37)32-17-19-1-9-25-22(15-19)5-3-20(28(25)36)2-4-21-8-10-27(35)33-30(21)38/h1,6-7,9,15-16,20-21H,2-5,8,10-14,17-18H2,(H,32,37)(H,33,35,38). The summed E-state index contributed by atoms with van der Waals surface area (Å²) < 4.78 is 5.39. The lowest BCUT2D eigenvalue weighted by atomic mass is 9.78. The summed E-state index contributed by atoms with van der Waals surface area (Å²) in [5.74, 6) is -0.814. The van der Waals surface area contributed by atoms with Gasteiger partial charge in [0.15, 0.2) is 5.78 Å². The number of benzene rings is 2. The molecule has 0 bridgehead atoms. The number of piperidine rings is 1. The van der Waals surface area contributed by atoms with Crippen LogP contribution >= 0.6 is 11.6 Å². The highest BCUT2D eigenvalue weighted by atomic mass is 35.5. The summed E-state index contributed by atoms with van der Waals surface area (Å²) in [4.78, 5) is 51.6. The summed E-state index contributed by atoms with van der Waals surface area (Å²) in [6, 6.07) is 11.2. The molecule has 39 heavy (non-hydrogen) atoms. The van der Waals surface area contributed by atoms with Crippen LogP contribution in [-0.4, -0.2) is 54.7 Å². The van der Waals surface area contributed by atoms with Crippen molar-refractivity contribution in [2.75, 3.05) is 26.3 Å². The lowest BCUT2D eigenvalue weighted by molar-refractivity contribution is -0.136. The fraction of sp³-hybridized carbons (Fsp3) is 0.467. The number of imide groups is 1. The van der Waals surface area contributed by atoms with E-state index in [2.05, 4.69) is 15.5 Å². The number of rotatable bonds is 8. The number of ether oxygens (including phenoxy) is 1. The number of aryl methyl sites for hydroxylation is 1. The Hall–Kier alpha value is -3.07. The van der Waals surface area contributed by atoms with Crippen LogP contribution in [0.15, 0.2) is 36.4 Å². The van der Waals surface area contributed by atoms with Crippen molar-refractivity contribution in [3.8, 4) is 0 Å². The van der Waals surface area contributed by atoms with E-state index in [1.54, 1.807) is 12.1 Å². The van der Waals surface area contributed by atoms with Crippen LogP contribution in [0.4, 0.5) is 0 Å². The number of carbonyl (C=O) groups excluding carboxylic acids is 4. The van der Waals surface area contributed by atoms with Gasteiger partial charge < -0.3 is 10.1 Å². The van der Waals surface area contributed by atoms with E-state index in [-0.39, 0.29) is 35.3 Å². The highest BCUT2D eigenvalue weighted by Gasteiger charge is 2.31. The Balaban J connectivity index is 1.13. The van der Waals surface area contributed by atoms with Crippen LogP contribution in [0.5, 0.6) is 0 Å². The second-order valence-corrected chi connectivity index (χ2v) is 11.1. The number of nitrogens with one attached hydrogen (secondary N) is 2. The van der Waals surface area contributed by atoms with E-state index < -0.39 is 0 Å². The minimum absolute atomic E-state index is 0.107. The quantitative estimate of drug-likeness (QED) is 0.485. The van der Waals surface area contributed by atoms with Crippen molar-refractivity contribution in [3.05, 3.63) is 69.2 Å². The lowest BCUT2D eigenvalue weighted by Gasteiger charge is -2.27. The van der Waals surface area contributed by atoms with E-state index >= 15 is 0 Å². The van der Waals surface area contributed by atoms with Gasteiger partial charge in [-0.05, 0) is 60.9 Å². The highest BCUT2D eigenvalue weighted by molar-refractivity contribution is 6.31. The molecule has 2 atom stereocenters. The molecule has 2 aliphatic heterocycles. The van der Waals surface area contributed by atoms with E-state index in [1.165, 1.54) is 0 Å². The Morgan fingerprint density at radius 3 is 2.54 bits per heavy atom. The van der Waals surface area contributed by atoms with Crippen molar-refractivity contribution in [2.45, 2.75) is 51.6 Å². The summed E-state index contributed by atoms with van der Waals surface area (Å²) in [7, 11) is 0. The Kier molecular flexibility index (Phi) is 8.75. The van der Waals surface area contributed by atoms with Crippen LogP contribution in [0.3, 0.4) is 0 Å². The highest BCUT2D eigenvalue weighted by Crippen LogP contribution is 2.31. The van der Waals surface area contributed by atoms with Gasteiger partial charge in [0.05, 0.1) is 13.2 Å². The van der Waals surface area contributed by atoms with E-state index in [1.807, 2.05) is 24.3 Å². The smallest absolute Gasteiger partial charge is 0.251 e. The van der Waals surface area contributed by atoms with Gasteiger partial charge in [0, 0.05) is 60.6 Å². The molecule has 5 rings (SSSR count). The van der Waals surface area contributed by atoms with Crippen LogP contribution in [0, 0.1) is 11.8 Å². The number of halogens is 1. The molecule has 1 aliphatic carbocycles. The molecular weight excluding hydrogens is 518 g/mol. The largest absolute Gasteiger partial charge is 0.379 e. The maximum Gasteiger partial charge on any atom is 0.251 e. The minimum atomic E-state index is -0.216. The predicted molar refractivity (Wildman–Crippen MR) is 146 cm³/mol. The Morgan fingerprint density at radius 1 is 1.00 bits per heavy atom. The molecule has 3 amide bonds. The van der Waals surface area contributed by atoms with Crippen molar-refractivity contribution in [1.29, 1.82) is 0 Å².